The van der Waals surface area contributed by atoms with Crippen molar-refractivity contribution in [2.75, 3.05) is 19.0 Å². The lowest BCUT2D eigenvalue weighted by atomic mass is 10.1. The molecule has 0 spiro atoms. The molecule has 0 bridgehead atoms. The minimum atomic E-state index is 0.635. The van der Waals surface area contributed by atoms with Crippen molar-refractivity contribution in [2.24, 2.45) is 0 Å². The molecule has 0 aromatic heterocycles. The molecule has 2 nitrogen and oxygen atoms in total. The van der Waals surface area contributed by atoms with Gasteiger partial charge in [0.25, 0.3) is 0 Å². The van der Waals surface area contributed by atoms with Crippen LogP contribution in [0.15, 0.2) is 22.7 Å². The normalized spacial score (nSPS) is 11.3. The monoisotopic (exact) mass is 391 g/mol. The summed E-state index contributed by atoms with van der Waals surface area (Å²) in [5.74, 6) is 0.918. The second kappa shape index (κ2) is 8.98. The molecule has 1 aromatic rings. The van der Waals surface area contributed by atoms with E-state index in [1.807, 2.05) is 6.07 Å². The third-order valence-electron chi connectivity index (χ3n) is 3.46. The molecule has 0 unspecified atom stereocenters. The van der Waals surface area contributed by atoms with Gasteiger partial charge in [-0.2, -0.15) is 0 Å². The molecule has 0 radical (unpaired) electrons. The number of ether oxygens (including phenoxy) is 1. The van der Waals surface area contributed by atoms with Gasteiger partial charge >= 0.3 is 0 Å². The third kappa shape index (κ3) is 5.09. The fourth-order valence-electron chi connectivity index (χ4n) is 2.32. The molecule has 0 saturated carbocycles. The van der Waals surface area contributed by atoms with Crippen molar-refractivity contribution in [3.8, 4) is 5.75 Å². The Morgan fingerprint density at radius 3 is 2.47 bits per heavy atom. The van der Waals surface area contributed by atoms with Gasteiger partial charge in [0.15, 0.2) is 0 Å². The fraction of sp³-hybridized carbons (Fsp3) is 0.600. The molecule has 0 heterocycles. The first-order chi connectivity index (χ1) is 9.15. The standard InChI is InChI=1S/C15H23Br2NO/c1-4-13(5-2)18(9-8-16)11-12-10-14(19-3)6-7-15(12)17/h6-7,10,13H,4-5,8-9,11H2,1-3H3. The summed E-state index contributed by atoms with van der Waals surface area (Å²) in [7, 11) is 1.71. The number of nitrogens with zero attached hydrogens (tertiary/aromatic N) is 1. The highest BCUT2D eigenvalue weighted by molar-refractivity contribution is 9.10. The van der Waals surface area contributed by atoms with Crippen LogP contribution in [-0.2, 0) is 6.54 Å². The summed E-state index contributed by atoms with van der Waals surface area (Å²) < 4.78 is 6.47. The lowest BCUT2D eigenvalue weighted by molar-refractivity contribution is 0.188. The van der Waals surface area contributed by atoms with Crippen molar-refractivity contribution in [3.63, 3.8) is 0 Å². The van der Waals surface area contributed by atoms with Gasteiger partial charge in [0, 0.05) is 28.9 Å². The molecule has 4 heteroatoms. The molecular formula is C15H23Br2NO. The fourth-order valence-corrected chi connectivity index (χ4v) is 3.15. The van der Waals surface area contributed by atoms with Crippen LogP contribution in [0.2, 0.25) is 0 Å². The number of alkyl halides is 1. The Labute approximate surface area is 133 Å². The van der Waals surface area contributed by atoms with E-state index in [4.69, 9.17) is 4.74 Å². The highest BCUT2D eigenvalue weighted by atomic mass is 79.9. The highest BCUT2D eigenvalue weighted by Gasteiger charge is 2.16. The zero-order valence-electron chi connectivity index (χ0n) is 12.0. The van der Waals surface area contributed by atoms with Gasteiger partial charge in [0.05, 0.1) is 7.11 Å². The van der Waals surface area contributed by atoms with Gasteiger partial charge in [-0.15, -0.1) is 0 Å². The Balaban J connectivity index is 2.88. The zero-order chi connectivity index (χ0) is 14.3. The van der Waals surface area contributed by atoms with E-state index >= 15 is 0 Å². The Hall–Kier alpha value is -0.0600. The molecule has 19 heavy (non-hydrogen) atoms. The van der Waals surface area contributed by atoms with Gasteiger partial charge in [-0.25, -0.2) is 0 Å². The number of halogens is 2. The van der Waals surface area contributed by atoms with E-state index in [9.17, 15) is 0 Å². The van der Waals surface area contributed by atoms with E-state index in [-0.39, 0.29) is 0 Å². The summed E-state index contributed by atoms with van der Waals surface area (Å²) >= 11 is 7.20. The van der Waals surface area contributed by atoms with Gasteiger partial charge in [-0.1, -0.05) is 45.7 Å². The smallest absolute Gasteiger partial charge is 0.119 e. The first kappa shape index (κ1) is 17.0. The second-order valence-corrected chi connectivity index (χ2v) is 6.23. The van der Waals surface area contributed by atoms with E-state index in [2.05, 4.69) is 62.7 Å². The summed E-state index contributed by atoms with van der Waals surface area (Å²) in [4.78, 5) is 2.54. The quantitative estimate of drug-likeness (QED) is 0.586. The van der Waals surface area contributed by atoms with Crippen molar-refractivity contribution in [1.82, 2.24) is 4.90 Å². The predicted octanol–water partition coefficient (Wildman–Crippen LogP) is 4.84. The minimum absolute atomic E-state index is 0.635. The Bertz CT molecular complexity index is 380. The lowest BCUT2D eigenvalue weighted by Gasteiger charge is -2.30. The van der Waals surface area contributed by atoms with Crippen LogP contribution in [0.5, 0.6) is 5.75 Å². The number of hydrogen-bond donors (Lipinski definition) is 0. The first-order valence-corrected chi connectivity index (χ1v) is 8.70. The number of hydrogen-bond acceptors (Lipinski definition) is 2. The lowest BCUT2D eigenvalue weighted by Crippen LogP contribution is -2.35. The zero-order valence-corrected chi connectivity index (χ0v) is 15.1. The molecule has 0 fully saturated rings. The molecule has 0 aliphatic rings. The van der Waals surface area contributed by atoms with E-state index in [0.29, 0.717) is 6.04 Å². The van der Waals surface area contributed by atoms with E-state index in [1.165, 1.54) is 18.4 Å². The third-order valence-corrected chi connectivity index (χ3v) is 4.59. The first-order valence-electron chi connectivity index (χ1n) is 6.78. The van der Waals surface area contributed by atoms with E-state index in [1.54, 1.807) is 7.11 Å². The van der Waals surface area contributed by atoms with Crippen LogP contribution < -0.4 is 4.74 Å². The summed E-state index contributed by atoms with van der Waals surface area (Å²) in [6, 6.07) is 6.80. The molecule has 0 saturated heterocycles. The maximum atomic E-state index is 5.32. The highest BCUT2D eigenvalue weighted by Crippen LogP contribution is 2.25. The Morgan fingerprint density at radius 1 is 1.26 bits per heavy atom. The van der Waals surface area contributed by atoms with Crippen molar-refractivity contribution < 1.29 is 4.74 Å². The van der Waals surface area contributed by atoms with Crippen molar-refractivity contribution in [2.45, 2.75) is 39.3 Å². The van der Waals surface area contributed by atoms with Crippen molar-refractivity contribution in [3.05, 3.63) is 28.2 Å². The molecule has 0 N–H and O–H groups in total. The topological polar surface area (TPSA) is 12.5 Å². The minimum Gasteiger partial charge on any atom is -0.497 e. The SMILES string of the molecule is CCC(CC)N(CCBr)Cc1cc(OC)ccc1Br. The molecule has 0 amide bonds. The number of rotatable bonds is 8. The molecule has 0 aliphatic heterocycles. The number of methoxy groups -OCH3 is 1. The van der Waals surface area contributed by atoms with E-state index in [0.717, 1.165) is 28.6 Å². The number of benzene rings is 1. The second-order valence-electron chi connectivity index (χ2n) is 4.59. The van der Waals surface area contributed by atoms with Gasteiger partial charge < -0.3 is 4.74 Å². The van der Waals surface area contributed by atoms with E-state index < -0.39 is 0 Å². The maximum Gasteiger partial charge on any atom is 0.119 e. The van der Waals surface area contributed by atoms with Gasteiger partial charge in [-0.3, -0.25) is 4.90 Å². The van der Waals surface area contributed by atoms with Crippen LogP contribution in [-0.4, -0.2) is 29.9 Å². The van der Waals surface area contributed by atoms with Crippen LogP contribution in [0.4, 0.5) is 0 Å². The largest absolute Gasteiger partial charge is 0.497 e. The molecule has 0 aliphatic carbocycles. The maximum absolute atomic E-state index is 5.32. The molecular weight excluding hydrogens is 370 g/mol. The van der Waals surface area contributed by atoms with Crippen LogP contribution in [0.1, 0.15) is 32.3 Å². The molecule has 1 rings (SSSR count). The van der Waals surface area contributed by atoms with Crippen molar-refractivity contribution >= 4 is 31.9 Å². The average molecular weight is 393 g/mol. The van der Waals surface area contributed by atoms with Crippen LogP contribution in [0.25, 0.3) is 0 Å². The molecule has 0 atom stereocenters. The average Bonchev–Trinajstić information content (AvgIpc) is 2.42. The summed E-state index contributed by atoms with van der Waals surface area (Å²) in [6.07, 6.45) is 2.37. The molecule has 1 aromatic carbocycles. The Kier molecular flexibility index (Phi) is 8.03. The summed E-state index contributed by atoms with van der Waals surface area (Å²) in [6.45, 7) is 6.54. The van der Waals surface area contributed by atoms with Gasteiger partial charge in [-0.05, 0) is 36.6 Å². The summed E-state index contributed by atoms with van der Waals surface area (Å²) in [5.41, 5.74) is 1.28. The van der Waals surface area contributed by atoms with Crippen LogP contribution in [0, 0.1) is 0 Å². The predicted molar refractivity (Wildman–Crippen MR) is 89.3 cm³/mol. The summed E-state index contributed by atoms with van der Waals surface area (Å²) in [5, 5.41) is 1.01. The van der Waals surface area contributed by atoms with Crippen LogP contribution in [0.3, 0.4) is 0 Å². The van der Waals surface area contributed by atoms with Crippen molar-refractivity contribution in [1.29, 1.82) is 0 Å². The van der Waals surface area contributed by atoms with Gasteiger partial charge in [0.2, 0.25) is 0 Å². The Morgan fingerprint density at radius 2 is 1.95 bits per heavy atom. The molecule has 108 valence electrons. The van der Waals surface area contributed by atoms with Crippen LogP contribution >= 0.6 is 31.9 Å². The van der Waals surface area contributed by atoms with Gasteiger partial charge in [0.1, 0.15) is 5.75 Å².